The summed E-state index contributed by atoms with van der Waals surface area (Å²) >= 11 is 7.06. The van der Waals surface area contributed by atoms with Gasteiger partial charge in [0.05, 0.1) is 15.5 Å². The summed E-state index contributed by atoms with van der Waals surface area (Å²) in [5.74, 6) is -2.31. The Morgan fingerprint density at radius 2 is 1.87 bits per heavy atom. The van der Waals surface area contributed by atoms with Crippen LogP contribution in [0.25, 0.3) is 10.1 Å². The normalized spacial score (nSPS) is 13.8. The van der Waals surface area contributed by atoms with E-state index in [1.807, 2.05) is 0 Å². The highest BCUT2D eigenvalue weighted by Gasteiger charge is 2.48. The van der Waals surface area contributed by atoms with Crippen molar-refractivity contribution in [2.24, 2.45) is 5.73 Å². The highest BCUT2D eigenvalue weighted by molar-refractivity contribution is 7.92. The standard InChI is InChI=1S/C20H18ClF3N3O8PS3/c1-10-16-14(5-4-13(17(16)21)35-7-6-25)37-19(10)39(33,34)27-18(36(28,29)30)11-2-3-12(9-26)15(8-11)38(31,32)20(22,23)24/h2-5,8,18,27H,6-7,25H2,1H3,(H2,28,29,30). The number of aryl methyl sites for hydroxylation is 1. The number of hydrogen-bond donors (Lipinski definition) is 4. The zero-order chi connectivity index (χ0) is 29.6. The van der Waals surface area contributed by atoms with Crippen molar-refractivity contribution in [2.75, 3.05) is 13.2 Å². The van der Waals surface area contributed by atoms with E-state index in [4.69, 9.17) is 27.3 Å². The van der Waals surface area contributed by atoms with Crippen molar-refractivity contribution in [3.8, 4) is 11.8 Å². The summed E-state index contributed by atoms with van der Waals surface area (Å²) in [4.78, 5) is 18.2. The van der Waals surface area contributed by atoms with Crippen molar-refractivity contribution in [1.29, 1.82) is 5.26 Å². The van der Waals surface area contributed by atoms with Crippen LogP contribution in [0.1, 0.15) is 22.5 Å². The number of hydrogen-bond acceptors (Lipinski definition) is 9. The molecule has 19 heteroatoms. The number of rotatable bonds is 9. The van der Waals surface area contributed by atoms with Crippen LogP contribution in [-0.4, -0.2) is 45.3 Å². The van der Waals surface area contributed by atoms with Gasteiger partial charge in [-0.2, -0.15) is 23.2 Å². The number of nitriles is 1. The first-order chi connectivity index (χ1) is 17.9. The minimum absolute atomic E-state index is 0.0526. The molecule has 212 valence electrons. The molecule has 0 amide bonds. The fraction of sp³-hybridized carbons (Fsp3) is 0.250. The lowest BCUT2D eigenvalue weighted by Crippen LogP contribution is -2.29. The van der Waals surface area contributed by atoms with Crippen LogP contribution in [0.15, 0.2) is 39.4 Å². The Labute approximate surface area is 229 Å². The molecule has 0 radical (unpaired) electrons. The lowest BCUT2D eigenvalue weighted by atomic mass is 10.1. The highest BCUT2D eigenvalue weighted by Crippen LogP contribution is 2.52. The van der Waals surface area contributed by atoms with Gasteiger partial charge in [-0.15, -0.1) is 11.3 Å². The number of ether oxygens (including phenoxy) is 1. The van der Waals surface area contributed by atoms with Crippen LogP contribution in [-0.2, 0) is 24.4 Å². The first-order valence-corrected chi connectivity index (χ1v) is 16.2. The molecule has 1 atom stereocenters. The quantitative estimate of drug-likeness (QED) is 0.249. The van der Waals surface area contributed by atoms with Gasteiger partial charge in [-0.3, -0.25) is 4.57 Å². The summed E-state index contributed by atoms with van der Waals surface area (Å²) < 4.78 is 110. The Kier molecular flexibility index (Phi) is 8.79. The number of sulfone groups is 1. The maximum absolute atomic E-state index is 13.3. The minimum Gasteiger partial charge on any atom is -0.491 e. The lowest BCUT2D eigenvalue weighted by Gasteiger charge is -2.21. The summed E-state index contributed by atoms with van der Waals surface area (Å²) in [7, 11) is -16.5. The zero-order valence-electron chi connectivity index (χ0n) is 19.4. The van der Waals surface area contributed by atoms with Crippen LogP contribution in [0.4, 0.5) is 13.2 Å². The van der Waals surface area contributed by atoms with Gasteiger partial charge in [0.15, 0.2) is 0 Å². The highest BCUT2D eigenvalue weighted by atomic mass is 35.5. The number of nitrogens with zero attached hydrogens (tertiary/aromatic N) is 1. The zero-order valence-corrected chi connectivity index (χ0v) is 23.5. The van der Waals surface area contributed by atoms with Crippen LogP contribution in [0, 0.1) is 18.3 Å². The van der Waals surface area contributed by atoms with Crippen molar-refractivity contribution in [3.63, 3.8) is 0 Å². The van der Waals surface area contributed by atoms with Gasteiger partial charge >= 0.3 is 13.1 Å². The number of alkyl halides is 3. The van der Waals surface area contributed by atoms with E-state index in [9.17, 15) is 44.4 Å². The molecule has 2 aromatic carbocycles. The predicted molar refractivity (Wildman–Crippen MR) is 136 cm³/mol. The fourth-order valence-corrected chi connectivity index (χ4v) is 9.19. The number of fused-ring (bicyclic) bond motifs is 1. The monoisotopic (exact) mass is 647 g/mol. The van der Waals surface area contributed by atoms with Gasteiger partial charge < -0.3 is 20.3 Å². The molecule has 5 N–H and O–H groups in total. The van der Waals surface area contributed by atoms with E-state index in [1.54, 1.807) is 4.72 Å². The van der Waals surface area contributed by atoms with Crippen molar-refractivity contribution in [3.05, 3.63) is 52.0 Å². The molecule has 3 aromatic rings. The molecule has 0 aliphatic carbocycles. The van der Waals surface area contributed by atoms with E-state index in [0.717, 1.165) is 6.07 Å². The molecule has 39 heavy (non-hydrogen) atoms. The van der Waals surface area contributed by atoms with Crippen LogP contribution < -0.4 is 15.2 Å². The number of halogens is 4. The Balaban J connectivity index is 2.16. The summed E-state index contributed by atoms with van der Waals surface area (Å²) in [6.07, 6.45) is 0. The number of sulfonamides is 1. The molecule has 0 aliphatic heterocycles. The molecule has 0 bridgehead atoms. The molecule has 0 saturated heterocycles. The van der Waals surface area contributed by atoms with Gasteiger partial charge in [0.1, 0.15) is 28.4 Å². The van der Waals surface area contributed by atoms with Gasteiger partial charge in [-0.05, 0) is 42.3 Å². The Morgan fingerprint density at radius 1 is 1.23 bits per heavy atom. The fourth-order valence-electron chi connectivity index (χ4n) is 3.47. The average Bonchev–Trinajstić information content (AvgIpc) is 3.18. The smallest absolute Gasteiger partial charge is 0.491 e. The number of thiophene rings is 1. The van der Waals surface area contributed by atoms with Gasteiger partial charge in [0, 0.05) is 16.6 Å². The second-order valence-electron chi connectivity index (χ2n) is 7.83. The summed E-state index contributed by atoms with van der Waals surface area (Å²) in [5, 5.41) is 9.41. The SMILES string of the molecule is Cc1c(S(=O)(=O)NC(c2ccc(C#N)c(S(=O)(=O)C(F)(F)F)c2)P(=O)(O)O)sc2ccc(OCCN)c(Cl)c12. The third-order valence-electron chi connectivity index (χ3n) is 5.21. The van der Waals surface area contributed by atoms with Gasteiger partial charge in [-0.1, -0.05) is 17.7 Å². The van der Waals surface area contributed by atoms with Gasteiger partial charge in [-0.25, -0.2) is 16.8 Å². The van der Waals surface area contributed by atoms with Crippen molar-refractivity contribution < 1.29 is 49.1 Å². The molecule has 11 nitrogen and oxygen atoms in total. The lowest BCUT2D eigenvalue weighted by molar-refractivity contribution is -0.0436. The molecular formula is C20H18ClF3N3O8PS3. The van der Waals surface area contributed by atoms with E-state index in [2.05, 4.69) is 0 Å². The van der Waals surface area contributed by atoms with Crippen LogP contribution in [0.3, 0.4) is 0 Å². The molecule has 0 spiro atoms. The summed E-state index contributed by atoms with van der Waals surface area (Å²) in [5.41, 5.74) is -2.16. The molecule has 0 fully saturated rings. The molecule has 0 aliphatic rings. The summed E-state index contributed by atoms with van der Waals surface area (Å²) in [6, 6.07) is 5.74. The van der Waals surface area contributed by atoms with E-state index < -0.39 is 59.0 Å². The summed E-state index contributed by atoms with van der Waals surface area (Å²) in [6.45, 7) is 1.65. The van der Waals surface area contributed by atoms with Gasteiger partial charge in [0.2, 0.25) is 0 Å². The second-order valence-corrected chi connectivity index (χ2v) is 14.8. The van der Waals surface area contributed by atoms with E-state index in [-0.39, 0.29) is 40.9 Å². The number of nitrogens with two attached hydrogens (primary N) is 1. The Bertz CT molecular complexity index is 1750. The molecule has 1 unspecified atom stereocenters. The third-order valence-corrected chi connectivity index (χ3v) is 11.7. The van der Waals surface area contributed by atoms with Crippen molar-refractivity contribution in [2.45, 2.75) is 27.3 Å². The Morgan fingerprint density at radius 3 is 2.41 bits per heavy atom. The second kappa shape index (κ2) is 11.0. The first-order valence-electron chi connectivity index (χ1n) is 10.3. The third kappa shape index (κ3) is 6.09. The first kappa shape index (κ1) is 31.3. The minimum atomic E-state index is -6.14. The van der Waals surface area contributed by atoms with E-state index in [1.165, 1.54) is 25.1 Å². The molecule has 1 aromatic heterocycles. The van der Waals surface area contributed by atoms with Crippen LogP contribution in [0.2, 0.25) is 5.02 Å². The number of nitrogens with one attached hydrogen (secondary N) is 1. The van der Waals surface area contributed by atoms with E-state index in [0.29, 0.717) is 22.1 Å². The molecule has 0 saturated carbocycles. The molecule has 3 rings (SSSR count). The average molecular weight is 648 g/mol. The van der Waals surface area contributed by atoms with Crippen molar-refractivity contribution >= 4 is 60.5 Å². The topological polar surface area (TPSA) is 197 Å². The van der Waals surface area contributed by atoms with Crippen molar-refractivity contribution in [1.82, 2.24) is 4.72 Å². The maximum atomic E-state index is 13.3. The predicted octanol–water partition coefficient (Wildman–Crippen LogP) is 3.52. The molecular weight excluding hydrogens is 630 g/mol. The largest absolute Gasteiger partial charge is 0.501 e. The van der Waals surface area contributed by atoms with Crippen LogP contribution >= 0.6 is 30.5 Å². The van der Waals surface area contributed by atoms with E-state index >= 15 is 0 Å². The maximum Gasteiger partial charge on any atom is 0.501 e. The van der Waals surface area contributed by atoms with Crippen LogP contribution in [0.5, 0.6) is 5.75 Å². The number of benzene rings is 2. The Hall–Kier alpha value is -2.26. The van der Waals surface area contributed by atoms with Gasteiger partial charge in [0.25, 0.3) is 19.9 Å². The molecule has 1 heterocycles.